The molecule has 0 saturated carbocycles. The zero-order valence-electron chi connectivity index (χ0n) is 9.83. The van der Waals surface area contributed by atoms with Crippen molar-refractivity contribution in [1.82, 2.24) is 5.43 Å². The van der Waals surface area contributed by atoms with Crippen molar-refractivity contribution in [2.45, 2.75) is 6.04 Å². The van der Waals surface area contributed by atoms with E-state index in [1.165, 1.54) is 6.07 Å². The molecule has 1 atom stereocenters. The van der Waals surface area contributed by atoms with Gasteiger partial charge in [-0.15, -0.1) is 0 Å². The fraction of sp³-hybridized carbons (Fsp3) is 0.0769. The number of rotatable bonds is 3. The molecule has 0 bridgehead atoms. The van der Waals surface area contributed by atoms with E-state index in [1.54, 1.807) is 18.2 Å². The number of anilines is 1. The highest BCUT2D eigenvalue weighted by Crippen LogP contribution is 2.29. The number of nitrogens with one attached hydrogen (secondary N) is 1. The third-order valence-electron chi connectivity index (χ3n) is 2.80. The van der Waals surface area contributed by atoms with Crippen LogP contribution in [0.3, 0.4) is 0 Å². The Labute approximate surface area is 114 Å². The molecule has 2 aromatic rings. The molecule has 0 amide bonds. The van der Waals surface area contributed by atoms with Gasteiger partial charge < -0.3 is 5.73 Å². The first-order valence-electron chi connectivity index (χ1n) is 5.49. The van der Waals surface area contributed by atoms with Gasteiger partial charge in [0.05, 0.1) is 6.04 Å². The van der Waals surface area contributed by atoms with Gasteiger partial charge in [-0.05, 0) is 35.4 Å². The van der Waals surface area contributed by atoms with Crippen molar-refractivity contribution < 1.29 is 8.78 Å². The fourth-order valence-electron chi connectivity index (χ4n) is 1.87. The van der Waals surface area contributed by atoms with E-state index in [0.717, 1.165) is 12.1 Å². The first-order chi connectivity index (χ1) is 9.02. The largest absolute Gasteiger partial charge is 0.398 e. The second-order valence-electron chi connectivity index (χ2n) is 4.05. The third kappa shape index (κ3) is 2.84. The van der Waals surface area contributed by atoms with E-state index in [4.69, 9.17) is 23.2 Å². The zero-order valence-corrected chi connectivity index (χ0v) is 10.6. The van der Waals surface area contributed by atoms with Crippen LogP contribution in [0.5, 0.6) is 0 Å². The van der Waals surface area contributed by atoms with Crippen LogP contribution in [0.4, 0.5) is 14.5 Å². The summed E-state index contributed by atoms with van der Waals surface area (Å²) in [4.78, 5) is 0. The molecule has 0 spiro atoms. The Morgan fingerprint density at radius 3 is 2.37 bits per heavy atom. The van der Waals surface area contributed by atoms with Gasteiger partial charge >= 0.3 is 0 Å². The van der Waals surface area contributed by atoms with E-state index in [-0.39, 0.29) is 0 Å². The van der Waals surface area contributed by atoms with E-state index in [9.17, 15) is 8.78 Å². The summed E-state index contributed by atoms with van der Waals surface area (Å²) in [6, 6.07) is 7.92. The van der Waals surface area contributed by atoms with Crippen LogP contribution in [-0.2, 0) is 0 Å². The molecule has 5 N–H and O–H groups in total. The molecule has 0 radical (unpaired) electrons. The van der Waals surface area contributed by atoms with E-state index < -0.39 is 17.7 Å². The molecule has 0 fully saturated rings. The second-order valence-corrected chi connectivity index (χ2v) is 4.48. The summed E-state index contributed by atoms with van der Waals surface area (Å²) in [6.45, 7) is 0. The molecule has 0 aromatic heterocycles. The van der Waals surface area contributed by atoms with Crippen molar-refractivity contribution in [1.29, 1.82) is 0 Å². The SMILES string of the molecule is NNC(c1ccc(F)c(F)c1)c1ccc(Cl)cc1N. The molecule has 0 aliphatic carbocycles. The molecular weight excluding hydrogens is 272 g/mol. The van der Waals surface area contributed by atoms with Crippen molar-refractivity contribution in [3.05, 3.63) is 64.2 Å². The molecule has 19 heavy (non-hydrogen) atoms. The molecule has 0 saturated heterocycles. The van der Waals surface area contributed by atoms with Gasteiger partial charge in [-0.2, -0.15) is 0 Å². The van der Waals surface area contributed by atoms with Crippen LogP contribution < -0.4 is 17.0 Å². The van der Waals surface area contributed by atoms with Crippen molar-refractivity contribution in [3.63, 3.8) is 0 Å². The molecule has 1 unspecified atom stereocenters. The lowest BCUT2D eigenvalue weighted by Gasteiger charge is -2.19. The van der Waals surface area contributed by atoms with E-state index in [0.29, 0.717) is 21.8 Å². The van der Waals surface area contributed by atoms with Crippen molar-refractivity contribution in [2.24, 2.45) is 5.84 Å². The minimum atomic E-state index is -0.940. The van der Waals surface area contributed by atoms with E-state index in [2.05, 4.69) is 5.43 Å². The average Bonchev–Trinajstić information content (AvgIpc) is 2.37. The standard InChI is InChI=1S/C13H12ClF2N3/c14-8-2-3-9(12(17)6-8)13(19-18)7-1-4-10(15)11(16)5-7/h1-6,13,19H,17-18H2. The zero-order chi connectivity index (χ0) is 14.0. The minimum absolute atomic E-state index is 0.417. The Balaban J connectivity index is 2.46. The molecule has 0 heterocycles. The Kier molecular flexibility index (Phi) is 3.99. The van der Waals surface area contributed by atoms with Crippen LogP contribution in [0.25, 0.3) is 0 Å². The predicted octanol–water partition coefficient (Wildman–Crippen LogP) is 2.75. The van der Waals surface area contributed by atoms with Gasteiger partial charge in [0.1, 0.15) is 0 Å². The maximum atomic E-state index is 13.3. The van der Waals surface area contributed by atoms with E-state index in [1.807, 2.05) is 0 Å². The van der Waals surface area contributed by atoms with Crippen LogP contribution in [0.2, 0.25) is 5.02 Å². The summed E-state index contributed by atoms with van der Waals surface area (Å²) < 4.78 is 26.2. The predicted molar refractivity (Wildman–Crippen MR) is 71.4 cm³/mol. The Hall–Kier alpha value is -1.69. The summed E-state index contributed by atoms with van der Waals surface area (Å²) >= 11 is 5.82. The number of hydrogen-bond donors (Lipinski definition) is 3. The number of benzene rings is 2. The normalized spacial score (nSPS) is 12.4. The molecule has 6 heteroatoms. The quantitative estimate of drug-likeness (QED) is 0.461. The highest BCUT2D eigenvalue weighted by molar-refractivity contribution is 6.30. The number of halogens is 3. The maximum absolute atomic E-state index is 13.3. The van der Waals surface area contributed by atoms with Gasteiger partial charge in [0.15, 0.2) is 11.6 Å². The number of hydrogen-bond acceptors (Lipinski definition) is 3. The molecule has 2 aromatic carbocycles. The minimum Gasteiger partial charge on any atom is -0.398 e. The summed E-state index contributed by atoms with van der Waals surface area (Å²) in [5, 5.41) is 0.488. The molecule has 2 rings (SSSR count). The Morgan fingerprint density at radius 1 is 1.05 bits per heavy atom. The smallest absolute Gasteiger partial charge is 0.159 e. The Morgan fingerprint density at radius 2 is 1.79 bits per heavy atom. The molecular formula is C13H12ClF2N3. The lowest BCUT2D eigenvalue weighted by Crippen LogP contribution is -2.29. The third-order valence-corrected chi connectivity index (χ3v) is 3.04. The van der Waals surface area contributed by atoms with Crippen LogP contribution in [0.15, 0.2) is 36.4 Å². The summed E-state index contributed by atoms with van der Waals surface area (Å²) in [5.41, 5.74) is 9.91. The first-order valence-corrected chi connectivity index (χ1v) is 5.86. The molecule has 0 aliphatic heterocycles. The van der Waals surface area contributed by atoms with Gasteiger partial charge in [0.25, 0.3) is 0 Å². The van der Waals surface area contributed by atoms with Crippen LogP contribution in [0.1, 0.15) is 17.2 Å². The van der Waals surface area contributed by atoms with Crippen LogP contribution in [-0.4, -0.2) is 0 Å². The lowest BCUT2D eigenvalue weighted by atomic mass is 9.97. The average molecular weight is 284 g/mol. The van der Waals surface area contributed by atoms with Crippen molar-refractivity contribution in [2.75, 3.05) is 5.73 Å². The van der Waals surface area contributed by atoms with Crippen molar-refractivity contribution >= 4 is 17.3 Å². The second kappa shape index (κ2) is 5.52. The van der Waals surface area contributed by atoms with Gasteiger partial charge in [0.2, 0.25) is 0 Å². The monoisotopic (exact) mass is 283 g/mol. The summed E-state index contributed by atoms with van der Waals surface area (Å²) in [5.74, 6) is 3.62. The molecule has 100 valence electrons. The maximum Gasteiger partial charge on any atom is 0.159 e. The van der Waals surface area contributed by atoms with Gasteiger partial charge in [0, 0.05) is 10.7 Å². The topological polar surface area (TPSA) is 64.1 Å². The first kappa shape index (κ1) is 13.7. The highest BCUT2D eigenvalue weighted by atomic mass is 35.5. The summed E-state index contributed by atoms with van der Waals surface area (Å²) in [7, 11) is 0. The van der Waals surface area contributed by atoms with E-state index >= 15 is 0 Å². The van der Waals surface area contributed by atoms with Crippen molar-refractivity contribution in [3.8, 4) is 0 Å². The van der Waals surface area contributed by atoms with Gasteiger partial charge in [-0.3, -0.25) is 5.84 Å². The lowest BCUT2D eigenvalue weighted by molar-refractivity contribution is 0.504. The number of nitrogens with two attached hydrogens (primary N) is 2. The highest BCUT2D eigenvalue weighted by Gasteiger charge is 2.17. The number of hydrazine groups is 1. The molecule has 0 aliphatic rings. The van der Waals surface area contributed by atoms with Crippen LogP contribution in [0, 0.1) is 11.6 Å². The van der Waals surface area contributed by atoms with Gasteiger partial charge in [-0.1, -0.05) is 23.7 Å². The van der Waals surface area contributed by atoms with Gasteiger partial charge in [-0.25, -0.2) is 14.2 Å². The number of nitrogen functional groups attached to an aromatic ring is 1. The molecule has 3 nitrogen and oxygen atoms in total. The Bertz CT molecular complexity index is 604. The summed E-state index contributed by atoms with van der Waals surface area (Å²) in [6.07, 6.45) is 0. The van der Waals surface area contributed by atoms with Crippen LogP contribution >= 0.6 is 11.6 Å². The fourth-order valence-corrected chi connectivity index (χ4v) is 2.05.